The first-order valence-corrected chi connectivity index (χ1v) is 10.4. The summed E-state index contributed by atoms with van der Waals surface area (Å²) in [6, 6.07) is 14.4. The first-order valence-electron chi connectivity index (χ1n) is 8.94. The zero-order chi connectivity index (χ0) is 18.5. The fourth-order valence-electron chi connectivity index (χ4n) is 4.05. The van der Waals surface area contributed by atoms with Crippen molar-refractivity contribution in [1.82, 2.24) is 4.31 Å². The van der Waals surface area contributed by atoms with Gasteiger partial charge in [-0.25, -0.2) is 12.7 Å². The summed E-state index contributed by atoms with van der Waals surface area (Å²) in [5, 5.41) is 3.66. The lowest BCUT2D eigenvalue weighted by Gasteiger charge is -2.37. The highest BCUT2D eigenvalue weighted by Gasteiger charge is 2.38. The molecular weight excluding hydrogens is 344 g/mol. The van der Waals surface area contributed by atoms with Crippen molar-refractivity contribution in [2.75, 3.05) is 19.4 Å². The molecule has 4 rings (SSSR count). The van der Waals surface area contributed by atoms with E-state index in [9.17, 15) is 8.42 Å². The zero-order valence-electron chi connectivity index (χ0n) is 15.3. The van der Waals surface area contributed by atoms with E-state index in [0.29, 0.717) is 10.8 Å². The third-order valence-corrected chi connectivity index (χ3v) is 7.36. The van der Waals surface area contributed by atoms with Crippen LogP contribution < -0.4 is 5.32 Å². The number of allylic oxidation sites excluding steroid dienone is 2. The number of nitrogens with zero attached hydrogens (tertiary/aromatic N) is 1. The molecule has 2 aliphatic rings. The minimum atomic E-state index is -3.43. The second-order valence-electron chi connectivity index (χ2n) is 7.42. The number of aryl methyl sites for hydroxylation is 1. The van der Waals surface area contributed by atoms with Gasteiger partial charge in [-0.3, -0.25) is 0 Å². The lowest BCUT2D eigenvalue weighted by molar-refractivity contribution is 0.425. The molecule has 2 aromatic carbocycles. The molecule has 0 saturated heterocycles. The topological polar surface area (TPSA) is 49.4 Å². The van der Waals surface area contributed by atoms with Crippen LogP contribution in [0.15, 0.2) is 59.5 Å². The largest absolute Gasteiger partial charge is 0.378 e. The predicted molar refractivity (Wildman–Crippen MR) is 105 cm³/mol. The van der Waals surface area contributed by atoms with Crippen molar-refractivity contribution in [3.8, 4) is 0 Å². The maximum absolute atomic E-state index is 12.5. The van der Waals surface area contributed by atoms with Gasteiger partial charge in [-0.15, -0.1) is 0 Å². The third-order valence-electron chi connectivity index (χ3n) is 5.55. The van der Waals surface area contributed by atoms with Crippen molar-refractivity contribution < 1.29 is 8.42 Å². The van der Waals surface area contributed by atoms with E-state index in [1.54, 1.807) is 20.2 Å². The fourth-order valence-corrected chi connectivity index (χ4v) is 4.99. The Morgan fingerprint density at radius 2 is 1.81 bits per heavy atom. The van der Waals surface area contributed by atoms with Gasteiger partial charge in [0.1, 0.15) is 0 Å². The van der Waals surface area contributed by atoms with Crippen LogP contribution in [0, 0.1) is 12.8 Å². The second-order valence-corrected chi connectivity index (χ2v) is 9.57. The average molecular weight is 369 g/mol. The van der Waals surface area contributed by atoms with Gasteiger partial charge < -0.3 is 5.32 Å². The molecule has 4 nitrogen and oxygen atoms in total. The molecule has 0 spiro atoms. The van der Waals surface area contributed by atoms with Crippen LogP contribution in [0.4, 0.5) is 5.69 Å². The second kappa shape index (κ2) is 6.25. The number of nitrogens with one attached hydrogen (secondary N) is 1. The Labute approximate surface area is 155 Å². The van der Waals surface area contributed by atoms with Gasteiger partial charge in [0.05, 0.1) is 10.9 Å². The molecular formula is C21H24N2O2S. The number of anilines is 1. The van der Waals surface area contributed by atoms with Crippen LogP contribution in [0.1, 0.15) is 35.1 Å². The molecule has 0 saturated carbocycles. The monoisotopic (exact) mass is 368 g/mol. The maximum atomic E-state index is 12.5. The standard InChI is InChI=1S/C21H24N2O2S/c1-14-7-9-15(10-8-14)21-18-6-4-5-17(18)19-13-16(11-12-20(19)22-21)26(24,25)23(2)3/h4-5,7-13,17-18,21-22H,6H2,1-3H3. The minimum absolute atomic E-state index is 0.236. The van der Waals surface area contributed by atoms with Crippen molar-refractivity contribution >= 4 is 15.7 Å². The van der Waals surface area contributed by atoms with E-state index in [1.807, 2.05) is 12.1 Å². The molecule has 0 fully saturated rings. The molecule has 136 valence electrons. The number of rotatable bonds is 3. The van der Waals surface area contributed by atoms with Crippen molar-refractivity contribution in [2.24, 2.45) is 5.92 Å². The summed E-state index contributed by atoms with van der Waals surface area (Å²) >= 11 is 0. The molecule has 5 heteroatoms. The van der Waals surface area contributed by atoms with E-state index in [2.05, 4.69) is 48.7 Å². The molecule has 1 aliphatic carbocycles. The molecule has 0 radical (unpaired) electrons. The van der Waals surface area contributed by atoms with E-state index in [0.717, 1.165) is 17.7 Å². The number of benzene rings is 2. The predicted octanol–water partition coefficient (Wildman–Crippen LogP) is 4.07. The third kappa shape index (κ3) is 2.75. The van der Waals surface area contributed by atoms with Crippen LogP contribution in [0.2, 0.25) is 0 Å². The summed E-state index contributed by atoms with van der Waals surface area (Å²) in [5.74, 6) is 0.650. The number of hydrogen-bond acceptors (Lipinski definition) is 3. The number of fused-ring (bicyclic) bond motifs is 3. The van der Waals surface area contributed by atoms with E-state index >= 15 is 0 Å². The molecule has 2 aromatic rings. The van der Waals surface area contributed by atoms with Gasteiger partial charge in [-0.05, 0) is 48.6 Å². The van der Waals surface area contributed by atoms with Gasteiger partial charge in [-0.1, -0.05) is 42.0 Å². The summed E-state index contributed by atoms with van der Waals surface area (Å²) < 4.78 is 26.3. The molecule has 1 heterocycles. The summed E-state index contributed by atoms with van der Waals surface area (Å²) in [6.45, 7) is 2.10. The van der Waals surface area contributed by atoms with Crippen LogP contribution in [0.3, 0.4) is 0 Å². The van der Waals surface area contributed by atoms with Gasteiger partial charge in [0, 0.05) is 25.7 Å². The zero-order valence-corrected chi connectivity index (χ0v) is 16.1. The summed E-state index contributed by atoms with van der Waals surface area (Å²) in [6.07, 6.45) is 5.46. The molecule has 26 heavy (non-hydrogen) atoms. The normalized spacial score (nSPS) is 24.2. The maximum Gasteiger partial charge on any atom is 0.242 e. The Bertz CT molecular complexity index is 962. The minimum Gasteiger partial charge on any atom is -0.378 e. The molecule has 3 atom stereocenters. The van der Waals surface area contributed by atoms with Gasteiger partial charge in [0.25, 0.3) is 0 Å². The average Bonchev–Trinajstić information content (AvgIpc) is 3.11. The smallest absolute Gasteiger partial charge is 0.242 e. The fraction of sp³-hybridized carbons (Fsp3) is 0.333. The molecule has 0 bridgehead atoms. The van der Waals surface area contributed by atoms with Crippen LogP contribution in [-0.2, 0) is 10.0 Å². The summed E-state index contributed by atoms with van der Waals surface area (Å²) in [7, 11) is -0.292. The molecule has 0 aromatic heterocycles. The van der Waals surface area contributed by atoms with Crippen LogP contribution in [-0.4, -0.2) is 26.8 Å². The Morgan fingerprint density at radius 1 is 1.08 bits per heavy atom. The molecule has 3 unspecified atom stereocenters. The lowest BCUT2D eigenvalue weighted by atomic mass is 9.77. The number of hydrogen-bond donors (Lipinski definition) is 1. The van der Waals surface area contributed by atoms with E-state index in [1.165, 1.54) is 15.4 Å². The van der Waals surface area contributed by atoms with E-state index in [4.69, 9.17) is 0 Å². The van der Waals surface area contributed by atoms with Crippen molar-refractivity contribution in [2.45, 2.75) is 30.2 Å². The molecule has 1 N–H and O–H groups in total. The Kier molecular flexibility index (Phi) is 4.16. The molecule has 1 aliphatic heterocycles. The highest BCUT2D eigenvalue weighted by Crippen LogP contribution is 2.50. The number of sulfonamides is 1. The van der Waals surface area contributed by atoms with Gasteiger partial charge in [-0.2, -0.15) is 0 Å². The lowest BCUT2D eigenvalue weighted by Crippen LogP contribution is -2.29. The van der Waals surface area contributed by atoms with Crippen LogP contribution in [0.5, 0.6) is 0 Å². The SMILES string of the molecule is Cc1ccc(C2Nc3ccc(S(=O)(=O)N(C)C)cc3C3C=CCC32)cc1. The first kappa shape index (κ1) is 17.3. The summed E-state index contributed by atoms with van der Waals surface area (Å²) in [4.78, 5) is 0.357. The Morgan fingerprint density at radius 3 is 2.50 bits per heavy atom. The molecule has 0 amide bonds. The van der Waals surface area contributed by atoms with Crippen LogP contribution >= 0.6 is 0 Å². The quantitative estimate of drug-likeness (QED) is 0.831. The van der Waals surface area contributed by atoms with E-state index in [-0.39, 0.29) is 12.0 Å². The Hall–Kier alpha value is -2.11. The summed E-state index contributed by atoms with van der Waals surface area (Å²) in [5.41, 5.74) is 4.64. The van der Waals surface area contributed by atoms with Crippen molar-refractivity contribution in [1.29, 1.82) is 0 Å². The van der Waals surface area contributed by atoms with Gasteiger partial charge in [0.2, 0.25) is 10.0 Å². The Balaban J connectivity index is 1.77. The van der Waals surface area contributed by atoms with E-state index < -0.39 is 10.0 Å². The highest BCUT2D eigenvalue weighted by atomic mass is 32.2. The first-order chi connectivity index (χ1) is 12.4. The van der Waals surface area contributed by atoms with Gasteiger partial charge in [0.15, 0.2) is 0 Å². The van der Waals surface area contributed by atoms with Gasteiger partial charge >= 0.3 is 0 Å². The van der Waals surface area contributed by atoms with Crippen LogP contribution in [0.25, 0.3) is 0 Å². The van der Waals surface area contributed by atoms with Crippen molar-refractivity contribution in [3.05, 3.63) is 71.3 Å². The highest BCUT2D eigenvalue weighted by molar-refractivity contribution is 7.89. The van der Waals surface area contributed by atoms with Crippen molar-refractivity contribution in [3.63, 3.8) is 0 Å².